The number of rotatable bonds is 5. The molecule has 1 aromatic rings. The van der Waals surface area contributed by atoms with Crippen LogP contribution in [-0.2, 0) is 23.0 Å². The Morgan fingerprint density at radius 2 is 2.06 bits per heavy atom. The van der Waals surface area contributed by atoms with Crippen LogP contribution in [0.25, 0.3) is 0 Å². The Bertz CT molecular complexity index is 425. The molecule has 18 heavy (non-hydrogen) atoms. The molecule has 1 N–H and O–H groups in total. The molecule has 6 heteroatoms. The van der Waals surface area contributed by atoms with Crippen LogP contribution in [0.2, 0.25) is 0 Å². The van der Waals surface area contributed by atoms with Crippen molar-refractivity contribution < 1.29 is 19.8 Å². The van der Waals surface area contributed by atoms with Gasteiger partial charge in [-0.15, -0.1) is 0 Å². The summed E-state index contributed by atoms with van der Waals surface area (Å²) in [6, 6.07) is 4.54. The van der Waals surface area contributed by atoms with Crippen LogP contribution in [0.3, 0.4) is 0 Å². The van der Waals surface area contributed by atoms with Crippen LogP contribution in [0.5, 0.6) is 0 Å². The minimum absolute atomic E-state index is 0.115. The normalized spacial score (nSPS) is 11.6. The van der Waals surface area contributed by atoms with Gasteiger partial charge in [-0.1, -0.05) is 6.07 Å². The van der Waals surface area contributed by atoms with Crippen LogP contribution in [0, 0.1) is 10.1 Å². The van der Waals surface area contributed by atoms with Crippen LogP contribution >= 0.6 is 0 Å². The molecular formula is C12H17NO5. The van der Waals surface area contributed by atoms with Crippen molar-refractivity contribution in [2.75, 3.05) is 0 Å². The molecule has 100 valence electrons. The molecule has 0 atom stereocenters. The summed E-state index contributed by atoms with van der Waals surface area (Å²) in [5.41, 5.74) is 0.342. The number of hydrogen-bond donors (Lipinski definition) is 1. The van der Waals surface area contributed by atoms with Crippen LogP contribution in [-0.4, -0.2) is 15.6 Å². The van der Waals surface area contributed by atoms with E-state index in [1.165, 1.54) is 12.1 Å². The summed E-state index contributed by atoms with van der Waals surface area (Å²) in [5, 5.41) is 19.8. The van der Waals surface area contributed by atoms with Gasteiger partial charge in [-0.2, -0.15) is 0 Å². The van der Waals surface area contributed by atoms with Crippen LogP contribution < -0.4 is 0 Å². The zero-order valence-corrected chi connectivity index (χ0v) is 10.7. The summed E-state index contributed by atoms with van der Waals surface area (Å²) < 4.78 is 0. The molecule has 0 amide bonds. The van der Waals surface area contributed by atoms with Crippen molar-refractivity contribution in [1.82, 2.24) is 0 Å². The molecule has 0 unspecified atom stereocenters. The van der Waals surface area contributed by atoms with Gasteiger partial charge in [-0.05, 0) is 32.4 Å². The van der Waals surface area contributed by atoms with Crippen molar-refractivity contribution in [2.45, 2.75) is 39.6 Å². The first kappa shape index (κ1) is 14.6. The van der Waals surface area contributed by atoms with Gasteiger partial charge in [-0.25, -0.2) is 9.78 Å². The largest absolute Gasteiger partial charge is 0.391 e. The van der Waals surface area contributed by atoms with Crippen LogP contribution in [0.4, 0.5) is 5.69 Å². The van der Waals surface area contributed by atoms with Crippen molar-refractivity contribution >= 4 is 5.69 Å². The van der Waals surface area contributed by atoms with E-state index >= 15 is 0 Å². The standard InChI is InChI=1S/C12H17NO5/c1-12(2,3)18-17-8-9-4-5-10(7-14)11(6-9)13(15)16/h4-6,14H,7-8H2,1-3H3. The quantitative estimate of drug-likeness (QED) is 0.496. The van der Waals surface area contributed by atoms with E-state index < -0.39 is 10.5 Å². The molecule has 0 fully saturated rings. The van der Waals surface area contributed by atoms with Crippen LogP contribution in [0.1, 0.15) is 31.9 Å². The highest BCUT2D eigenvalue weighted by atomic mass is 17.2. The Morgan fingerprint density at radius 1 is 1.39 bits per heavy atom. The second-order valence-electron chi connectivity index (χ2n) is 4.84. The molecule has 0 spiro atoms. The number of benzene rings is 1. The van der Waals surface area contributed by atoms with Gasteiger partial charge in [0.2, 0.25) is 0 Å². The summed E-state index contributed by atoms with van der Waals surface area (Å²) in [4.78, 5) is 20.3. The number of nitro groups is 1. The minimum Gasteiger partial charge on any atom is -0.391 e. The molecule has 0 radical (unpaired) electrons. The Hall–Kier alpha value is -1.50. The van der Waals surface area contributed by atoms with Gasteiger partial charge < -0.3 is 5.11 Å². The fourth-order valence-electron chi connectivity index (χ4n) is 1.28. The predicted molar refractivity (Wildman–Crippen MR) is 64.6 cm³/mol. The number of aliphatic hydroxyl groups is 1. The van der Waals surface area contributed by atoms with E-state index in [0.717, 1.165) is 0 Å². The third-order valence-electron chi connectivity index (χ3n) is 2.05. The lowest BCUT2D eigenvalue weighted by atomic mass is 10.1. The number of nitro benzene ring substituents is 1. The maximum Gasteiger partial charge on any atom is 0.275 e. The van der Waals surface area contributed by atoms with E-state index in [2.05, 4.69) is 0 Å². The average Bonchev–Trinajstić information content (AvgIpc) is 2.27. The molecule has 0 aliphatic heterocycles. The SMILES string of the molecule is CC(C)(C)OOCc1ccc(CO)c([N+](=O)[O-])c1. The first-order valence-electron chi connectivity index (χ1n) is 5.51. The van der Waals surface area contributed by atoms with Gasteiger partial charge in [0.1, 0.15) is 6.61 Å². The Morgan fingerprint density at radius 3 is 2.56 bits per heavy atom. The molecule has 0 aromatic heterocycles. The van der Waals surface area contributed by atoms with Gasteiger partial charge >= 0.3 is 0 Å². The summed E-state index contributed by atoms with van der Waals surface area (Å²) in [5.74, 6) is 0. The van der Waals surface area contributed by atoms with E-state index in [1.54, 1.807) is 6.07 Å². The summed E-state index contributed by atoms with van der Waals surface area (Å²) in [6.45, 7) is 5.26. The molecular weight excluding hydrogens is 238 g/mol. The fourth-order valence-corrected chi connectivity index (χ4v) is 1.28. The number of hydrogen-bond acceptors (Lipinski definition) is 5. The molecule has 0 heterocycles. The third-order valence-corrected chi connectivity index (χ3v) is 2.05. The Balaban J connectivity index is 2.73. The molecule has 1 aromatic carbocycles. The van der Waals surface area contributed by atoms with E-state index in [1.807, 2.05) is 20.8 Å². The highest BCUT2D eigenvalue weighted by molar-refractivity contribution is 5.42. The van der Waals surface area contributed by atoms with E-state index in [9.17, 15) is 10.1 Å². The summed E-state index contributed by atoms with van der Waals surface area (Å²) in [7, 11) is 0. The topological polar surface area (TPSA) is 81.8 Å². The third kappa shape index (κ3) is 4.40. The second kappa shape index (κ2) is 5.90. The average molecular weight is 255 g/mol. The predicted octanol–water partition coefficient (Wildman–Crippen LogP) is 2.33. The van der Waals surface area contributed by atoms with E-state index in [4.69, 9.17) is 14.9 Å². The van der Waals surface area contributed by atoms with Crippen LogP contribution in [0.15, 0.2) is 18.2 Å². The molecule has 0 aliphatic rings. The molecule has 1 rings (SSSR count). The Labute approximate surface area is 105 Å². The lowest BCUT2D eigenvalue weighted by Gasteiger charge is -2.17. The van der Waals surface area contributed by atoms with Crippen molar-refractivity contribution in [3.63, 3.8) is 0 Å². The summed E-state index contributed by atoms with van der Waals surface area (Å²) in [6.07, 6.45) is 0. The Kier molecular flexibility index (Phi) is 4.77. The number of aliphatic hydroxyl groups excluding tert-OH is 1. The smallest absolute Gasteiger partial charge is 0.275 e. The highest BCUT2D eigenvalue weighted by Gasteiger charge is 2.15. The zero-order chi connectivity index (χ0) is 13.8. The fraction of sp³-hybridized carbons (Fsp3) is 0.500. The van der Waals surface area contributed by atoms with Gasteiger partial charge in [0.15, 0.2) is 0 Å². The first-order valence-corrected chi connectivity index (χ1v) is 5.51. The molecule has 0 aliphatic carbocycles. The minimum atomic E-state index is -0.528. The first-order chi connectivity index (χ1) is 8.33. The lowest BCUT2D eigenvalue weighted by Crippen LogP contribution is -2.19. The maximum atomic E-state index is 10.8. The lowest BCUT2D eigenvalue weighted by molar-refractivity contribution is -0.386. The molecule has 0 bridgehead atoms. The number of nitrogens with zero attached hydrogens (tertiary/aromatic N) is 1. The van der Waals surface area contributed by atoms with Crippen molar-refractivity contribution in [2.24, 2.45) is 0 Å². The van der Waals surface area contributed by atoms with Crippen molar-refractivity contribution in [3.8, 4) is 0 Å². The van der Waals surface area contributed by atoms with Gasteiger partial charge in [0.05, 0.1) is 22.7 Å². The highest BCUT2D eigenvalue weighted by Crippen LogP contribution is 2.21. The van der Waals surface area contributed by atoms with Crippen molar-refractivity contribution in [1.29, 1.82) is 0 Å². The molecule has 0 saturated heterocycles. The molecule has 0 saturated carbocycles. The molecule has 6 nitrogen and oxygen atoms in total. The van der Waals surface area contributed by atoms with E-state index in [0.29, 0.717) is 5.56 Å². The summed E-state index contributed by atoms with van der Waals surface area (Å²) >= 11 is 0. The second-order valence-corrected chi connectivity index (χ2v) is 4.84. The van der Waals surface area contributed by atoms with Gasteiger partial charge in [0.25, 0.3) is 5.69 Å². The van der Waals surface area contributed by atoms with Gasteiger partial charge in [-0.3, -0.25) is 10.1 Å². The maximum absolute atomic E-state index is 10.8. The van der Waals surface area contributed by atoms with Gasteiger partial charge in [0, 0.05) is 6.07 Å². The monoisotopic (exact) mass is 255 g/mol. The van der Waals surface area contributed by atoms with E-state index in [-0.39, 0.29) is 24.5 Å². The zero-order valence-electron chi connectivity index (χ0n) is 10.7. The van der Waals surface area contributed by atoms with Crippen molar-refractivity contribution in [3.05, 3.63) is 39.4 Å².